The summed E-state index contributed by atoms with van der Waals surface area (Å²) in [6, 6.07) is 13.5. The van der Waals surface area contributed by atoms with Crippen LogP contribution < -0.4 is 10.6 Å². The molecule has 0 fully saturated rings. The van der Waals surface area contributed by atoms with Crippen LogP contribution in [0.1, 0.15) is 46.5 Å². The molecule has 2 N–H and O–H groups in total. The van der Waals surface area contributed by atoms with Crippen LogP contribution in [0.4, 0.5) is 5.69 Å². The number of aryl methyl sites for hydroxylation is 1. The molecule has 3 amide bonds. The van der Waals surface area contributed by atoms with Gasteiger partial charge in [-0.15, -0.1) is 0 Å². The first-order valence-corrected chi connectivity index (χ1v) is 11.9. The van der Waals surface area contributed by atoms with Gasteiger partial charge in [-0.2, -0.15) is 11.8 Å². The molecule has 6 nitrogen and oxygen atoms in total. The first-order chi connectivity index (χ1) is 14.9. The lowest BCUT2D eigenvalue weighted by atomic mass is 10.1. The Labute approximate surface area is 188 Å². The monoisotopic (exact) mass is 441 g/mol. The number of benzene rings is 2. The quantitative estimate of drug-likeness (QED) is 0.585. The second kappa shape index (κ2) is 12.2. The van der Waals surface area contributed by atoms with E-state index in [0.29, 0.717) is 36.3 Å². The van der Waals surface area contributed by atoms with Crippen molar-refractivity contribution in [1.82, 2.24) is 10.2 Å². The summed E-state index contributed by atoms with van der Waals surface area (Å²) in [6.07, 6.45) is 2.48. The van der Waals surface area contributed by atoms with Crippen molar-refractivity contribution in [2.45, 2.75) is 33.2 Å². The molecule has 1 atom stereocenters. The Morgan fingerprint density at radius 2 is 1.68 bits per heavy atom. The Morgan fingerprint density at radius 3 is 2.26 bits per heavy atom. The predicted octanol–water partition coefficient (Wildman–Crippen LogP) is 3.97. The van der Waals surface area contributed by atoms with Gasteiger partial charge in [0.25, 0.3) is 11.8 Å². The number of nitrogens with one attached hydrogen (secondary N) is 2. The molecule has 0 saturated carbocycles. The molecular formula is C24H31N3O3S. The van der Waals surface area contributed by atoms with Crippen molar-refractivity contribution in [1.29, 1.82) is 0 Å². The van der Waals surface area contributed by atoms with Crippen LogP contribution in [0.2, 0.25) is 0 Å². The van der Waals surface area contributed by atoms with E-state index in [2.05, 4.69) is 10.6 Å². The maximum atomic E-state index is 12.9. The van der Waals surface area contributed by atoms with Crippen molar-refractivity contribution in [2.24, 2.45) is 0 Å². The number of thioether (sulfide) groups is 1. The molecule has 1 unspecified atom stereocenters. The van der Waals surface area contributed by atoms with Gasteiger partial charge < -0.3 is 15.5 Å². The minimum absolute atomic E-state index is 0.0360. The van der Waals surface area contributed by atoms with Gasteiger partial charge in [0.05, 0.1) is 0 Å². The standard InChI is InChI=1S/C24H31N3O3S/c1-5-27(6-2)24(30)18-10-12-20(13-11-18)25-23(29)21(14-15-31-4)26-22(28)19-9-7-8-17(3)16-19/h7-13,16,21H,5-6,14-15H2,1-4H3,(H,25,29)(H,26,28). The van der Waals surface area contributed by atoms with E-state index in [9.17, 15) is 14.4 Å². The highest BCUT2D eigenvalue weighted by molar-refractivity contribution is 7.98. The Bertz CT molecular complexity index is 895. The van der Waals surface area contributed by atoms with Crippen LogP contribution in [-0.4, -0.2) is 53.8 Å². The predicted molar refractivity (Wildman–Crippen MR) is 128 cm³/mol. The molecule has 0 spiro atoms. The fraction of sp³-hybridized carbons (Fsp3) is 0.375. The Hall–Kier alpha value is -2.80. The normalized spacial score (nSPS) is 11.5. The van der Waals surface area contributed by atoms with E-state index in [4.69, 9.17) is 0 Å². The van der Waals surface area contributed by atoms with Crippen molar-refractivity contribution in [3.63, 3.8) is 0 Å². The third-order valence-electron chi connectivity index (χ3n) is 4.96. The van der Waals surface area contributed by atoms with E-state index in [-0.39, 0.29) is 17.7 Å². The second-order valence-corrected chi connectivity index (χ2v) is 8.21. The number of hydrogen-bond acceptors (Lipinski definition) is 4. The van der Waals surface area contributed by atoms with Gasteiger partial charge in [0.2, 0.25) is 5.91 Å². The molecule has 0 saturated heterocycles. The first-order valence-electron chi connectivity index (χ1n) is 10.5. The molecule has 0 aliphatic rings. The van der Waals surface area contributed by atoms with Gasteiger partial charge in [0.15, 0.2) is 0 Å². The minimum Gasteiger partial charge on any atom is -0.340 e. The Balaban J connectivity index is 2.07. The molecule has 2 aromatic carbocycles. The zero-order valence-electron chi connectivity index (χ0n) is 18.6. The molecule has 0 heterocycles. The van der Waals surface area contributed by atoms with Gasteiger partial charge in [0.1, 0.15) is 6.04 Å². The minimum atomic E-state index is -0.655. The third kappa shape index (κ3) is 7.14. The van der Waals surface area contributed by atoms with Gasteiger partial charge >= 0.3 is 0 Å². The van der Waals surface area contributed by atoms with Crippen molar-refractivity contribution in [2.75, 3.05) is 30.4 Å². The summed E-state index contributed by atoms with van der Waals surface area (Å²) in [5, 5.41) is 5.70. The molecule has 0 bridgehead atoms. The lowest BCUT2D eigenvalue weighted by molar-refractivity contribution is -0.118. The fourth-order valence-electron chi connectivity index (χ4n) is 3.15. The average molecular weight is 442 g/mol. The highest BCUT2D eigenvalue weighted by Gasteiger charge is 2.21. The number of anilines is 1. The summed E-state index contributed by atoms with van der Waals surface area (Å²) in [6.45, 7) is 7.09. The maximum absolute atomic E-state index is 12.9. The van der Waals surface area contributed by atoms with Crippen LogP contribution in [0.25, 0.3) is 0 Å². The molecule has 0 radical (unpaired) electrons. The van der Waals surface area contributed by atoms with E-state index < -0.39 is 6.04 Å². The van der Waals surface area contributed by atoms with Gasteiger partial charge in [-0.05, 0) is 75.6 Å². The Kier molecular flexibility index (Phi) is 9.59. The van der Waals surface area contributed by atoms with Crippen LogP contribution >= 0.6 is 11.8 Å². The van der Waals surface area contributed by atoms with Crippen LogP contribution in [0, 0.1) is 6.92 Å². The van der Waals surface area contributed by atoms with Crippen LogP contribution in [0.15, 0.2) is 48.5 Å². The molecule has 7 heteroatoms. The molecule has 31 heavy (non-hydrogen) atoms. The number of hydrogen-bond donors (Lipinski definition) is 2. The number of rotatable bonds is 10. The number of carbonyl (C=O) groups excluding carboxylic acids is 3. The summed E-state index contributed by atoms with van der Waals surface area (Å²) in [5.74, 6) is 0.151. The summed E-state index contributed by atoms with van der Waals surface area (Å²) in [7, 11) is 0. The Morgan fingerprint density at radius 1 is 1.00 bits per heavy atom. The van der Waals surface area contributed by atoms with E-state index in [1.54, 1.807) is 53.1 Å². The average Bonchev–Trinajstić information content (AvgIpc) is 2.77. The van der Waals surface area contributed by atoms with E-state index in [1.807, 2.05) is 39.2 Å². The second-order valence-electron chi connectivity index (χ2n) is 7.22. The number of amides is 3. The van der Waals surface area contributed by atoms with Crippen LogP contribution in [0.5, 0.6) is 0 Å². The van der Waals surface area contributed by atoms with Crippen molar-refractivity contribution in [3.05, 3.63) is 65.2 Å². The molecule has 0 aliphatic carbocycles. The van der Waals surface area contributed by atoms with Crippen molar-refractivity contribution >= 4 is 35.2 Å². The van der Waals surface area contributed by atoms with Crippen molar-refractivity contribution < 1.29 is 14.4 Å². The molecule has 0 aliphatic heterocycles. The van der Waals surface area contributed by atoms with E-state index in [1.165, 1.54) is 0 Å². The zero-order valence-corrected chi connectivity index (χ0v) is 19.4. The lowest BCUT2D eigenvalue weighted by Gasteiger charge is -2.20. The molecular weight excluding hydrogens is 410 g/mol. The molecule has 2 rings (SSSR count). The van der Waals surface area contributed by atoms with Gasteiger partial charge in [-0.1, -0.05) is 17.7 Å². The third-order valence-corrected chi connectivity index (χ3v) is 5.61. The van der Waals surface area contributed by atoms with E-state index in [0.717, 1.165) is 11.3 Å². The summed E-state index contributed by atoms with van der Waals surface area (Å²) in [4.78, 5) is 39.7. The summed E-state index contributed by atoms with van der Waals surface area (Å²) >= 11 is 1.62. The fourth-order valence-corrected chi connectivity index (χ4v) is 3.62. The van der Waals surface area contributed by atoms with Crippen molar-refractivity contribution in [3.8, 4) is 0 Å². The summed E-state index contributed by atoms with van der Waals surface area (Å²) in [5.41, 5.74) is 2.67. The lowest BCUT2D eigenvalue weighted by Crippen LogP contribution is -2.44. The molecule has 0 aromatic heterocycles. The molecule has 2 aromatic rings. The van der Waals surface area contributed by atoms with Gasteiger partial charge in [-0.3, -0.25) is 14.4 Å². The smallest absolute Gasteiger partial charge is 0.253 e. The molecule has 166 valence electrons. The number of nitrogens with zero attached hydrogens (tertiary/aromatic N) is 1. The highest BCUT2D eigenvalue weighted by atomic mass is 32.2. The number of carbonyl (C=O) groups is 3. The highest BCUT2D eigenvalue weighted by Crippen LogP contribution is 2.14. The van der Waals surface area contributed by atoms with Gasteiger partial charge in [0, 0.05) is 29.9 Å². The van der Waals surface area contributed by atoms with Crippen LogP contribution in [-0.2, 0) is 4.79 Å². The largest absolute Gasteiger partial charge is 0.340 e. The van der Waals surface area contributed by atoms with E-state index >= 15 is 0 Å². The topological polar surface area (TPSA) is 78.5 Å². The summed E-state index contributed by atoms with van der Waals surface area (Å²) < 4.78 is 0. The zero-order chi connectivity index (χ0) is 22.8. The maximum Gasteiger partial charge on any atom is 0.253 e. The van der Waals surface area contributed by atoms with Gasteiger partial charge in [-0.25, -0.2) is 0 Å². The SMILES string of the molecule is CCN(CC)C(=O)c1ccc(NC(=O)C(CCSC)NC(=O)c2cccc(C)c2)cc1. The first kappa shape index (κ1) is 24.5. The van der Waals surface area contributed by atoms with Crippen LogP contribution in [0.3, 0.4) is 0 Å².